The average molecular weight is 308 g/mol. The van der Waals surface area contributed by atoms with Gasteiger partial charge in [-0.2, -0.15) is 0 Å². The van der Waals surface area contributed by atoms with E-state index in [0.717, 1.165) is 0 Å². The van der Waals surface area contributed by atoms with E-state index in [2.05, 4.69) is 28.1 Å². The molecule has 0 radical (unpaired) electrons. The van der Waals surface area contributed by atoms with Crippen molar-refractivity contribution in [3.63, 3.8) is 0 Å². The van der Waals surface area contributed by atoms with Gasteiger partial charge in [-0.05, 0) is 20.8 Å². The SMILES string of the molecule is CC.CCCCC.CCOC(=O)OCC.CCOC(C)=O. The fourth-order valence-corrected chi connectivity index (χ4v) is 0.834. The molecule has 5 heteroatoms. The van der Waals surface area contributed by atoms with E-state index in [1.54, 1.807) is 20.8 Å². The summed E-state index contributed by atoms with van der Waals surface area (Å²) < 4.78 is 13.2. The maximum Gasteiger partial charge on any atom is 0.508 e. The zero-order valence-electron chi connectivity index (χ0n) is 15.3. The van der Waals surface area contributed by atoms with Gasteiger partial charge >= 0.3 is 12.1 Å². The highest BCUT2D eigenvalue weighted by Crippen LogP contribution is 1.88. The molecule has 21 heavy (non-hydrogen) atoms. The number of hydrogen-bond acceptors (Lipinski definition) is 5. The number of hydrogen-bond donors (Lipinski definition) is 0. The van der Waals surface area contributed by atoms with Crippen LogP contribution >= 0.6 is 0 Å². The van der Waals surface area contributed by atoms with E-state index in [9.17, 15) is 9.59 Å². The Balaban J connectivity index is -0.0000000998. The molecule has 0 aliphatic rings. The number of esters is 1. The Morgan fingerprint density at radius 1 is 0.714 bits per heavy atom. The lowest BCUT2D eigenvalue weighted by atomic mass is 10.3. The molecule has 130 valence electrons. The molecule has 0 aliphatic heterocycles. The lowest BCUT2D eigenvalue weighted by Crippen LogP contribution is -2.05. The number of rotatable bonds is 5. The maximum atomic E-state index is 10.2. The molecule has 0 saturated carbocycles. The fourth-order valence-electron chi connectivity index (χ4n) is 0.834. The third-order valence-electron chi connectivity index (χ3n) is 1.58. The Labute approximate surface area is 131 Å². The smallest absolute Gasteiger partial charge is 0.466 e. The van der Waals surface area contributed by atoms with Crippen molar-refractivity contribution in [3.8, 4) is 0 Å². The van der Waals surface area contributed by atoms with Crippen molar-refractivity contribution in [3.05, 3.63) is 0 Å². The van der Waals surface area contributed by atoms with Gasteiger partial charge in [0.25, 0.3) is 0 Å². The standard InChI is InChI=1S/C5H10O3.C5H12.C4H8O2.C2H6/c1-3-7-5(6)8-4-2;1-3-5-4-2;1-3-6-4(2)5;1-2/h3-4H2,1-2H3;3-5H2,1-2H3;3H2,1-2H3;1-2H3. The van der Waals surface area contributed by atoms with E-state index in [4.69, 9.17) is 0 Å². The second-order valence-electron chi connectivity index (χ2n) is 3.39. The van der Waals surface area contributed by atoms with E-state index < -0.39 is 6.16 Å². The first-order valence-corrected chi connectivity index (χ1v) is 7.92. The Morgan fingerprint density at radius 2 is 1.05 bits per heavy atom. The molecule has 0 unspecified atom stereocenters. The number of ether oxygens (including phenoxy) is 3. The second kappa shape index (κ2) is 31.2. The third kappa shape index (κ3) is 55.4. The molecule has 0 fully saturated rings. The summed E-state index contributed by atoms with van der Waals surface area (Å²) in [5.41, 5.74) is 0. The monoisotopic (exact) mass is 308 g/mol. The number of carbonyl (C=O) groups excluding carboxylic acids is 2. The molecule has 0 N–H and O–H groups in total. The van der Waals surface area contributed by atoms with Crippen LogP contribution < -0.4 is 0 Å². The largest absolute Gasteiger partial charge is 0.508 e. The van der Waals surface area contributed by atoms with Crippen molar-refractivity contribution in [1.29, 1.82) is 0 Å². The summed E-state index contributed by atoms with van der Waals surface area (Å²) in [5, 5.41) is 0. The molecule has 0 spiro atoms. The van der Waals surface area contributed by atoms with Gasteiger partial charge in [0.1, 0.15) is 0 Å². The van der Waals surface area contributed by atoms with Crippen LogP contribution in [0, 0.1) is 0 Å². The molecular weight excluding hydrogens is 272 g/mol. The summed E-state index contributed by atoms with van der Waals surface area (Å²) in [6.07, 6.45) is 3.49. The zero-order valence-corrected chi connectivity index (χ0v) is 15.3. The van der Waals surface area contributed by atoms with Crippen molar-refractivity contribution in [2.24, 2.45) is 0 Å². The topological polar surface area (TPSA) is 61.8 Å². The molecule has 0 aromatic carbocycles. The van der Waals surface area contributed by atoms with Crippen molar-refractivity contribution in [1.82, 2.24) is 0 Å². The van der Waals surface area contributed by atoms with E-state index in [1.807, 2.05) is 13.8 Å². The summed E-state index contributed by atoms with van der Waals surface area (Å²) in [7, 11) is 0. The summed E-state index contributed by atoms with van der Waals surface area (Å²) in [4.78, 5) is 20.0. The summed E-state index contributed by atoms with van der Waals surface area (Å²) in [6, 6.07) is 0. The fraction of sp³-hybridized carbons (Fsp3) is 0.875. The normalized spacial score (nSPS) is 7.62. The lowest BCUT2D eigenvalue weighted by molar-refractivity contribution is -0.140. The zero-order chi connectivity index (χ0) is 17.5. The second-order valence-corrected chi connectivity index (χ2v) is 3.39. The minimum absolute atomic E-state index is 0.211. The first-order valence-electron chi connectivity index (χ1n) is 7.92. The van der Waals surface area contributed by atoms with Crippen LogP contribution in [-0.2, 0) is 19.0 Å². The Morgan fingerprint density at radius 3 is 1.14 bits per heavy atom. The van der Waals surface area contributed by atoms with E-state index >= 15 is 0 Å². The molecule has 0 rings (SSSR count). The molecule has 0 aliphatic carbocycles. The predicted octanol–water partition coefficient (Wildman–Crippen LogP) is 4.97. The number of unbranched alkanes of at least 4 members (excludes halogenated alkanes) is 2. The molecule has 0 saturated heterocycles. The van der Waals surface area contributed by atoms with Crippen LogP contribution in [0.1, 0.15) is 74.7 Å². The van der Waals surface area contributed by atoms with Gasteiger partial charge in [-0.15, -0.1) is 0 Å². The maximum absolute atomic E-state index is 10.2. The minimum Gasteiger partial charge on any atom is -0.466 e. The molecule has 0 atom stereocenters. The molecule has 0 aromatic heterocycles. The number of carbonyl (C=O) groups is 2. The molecule has 0 heterocycles. The summed E-state index contributed by atoms with van der Waals surface area (Å²) >= 11 is 0. The molecule has 0 amide bonds. The Kier molecular flexibility index (Phi) is 41.6. The first kappa shape index (κ1) is 28.0. The van der Waals surface area contributed by atoms with Crippen LogP contribution in [0.4, 0.5) is 4.79 Å². The van der Waals surface area contributed by atoms with E-state index in [-0.39, 0.29) is 5.97 Å². The van der Waals surface area contributed by atoms with Gasteiger partial charge in [-0.25, -0.2) is 4.79 Å². The van der Waals surface area contributed by atoms with Crippen molar-refractivity contribution < 1.29 is 23.8 Å². The molecule has 5 nitrogen and oxygen atoms in total. The first-order chi connectivity index (χ1) is 9.99. The van der Waals surface area contributed by atoms with Crippen LogP contribution in [0.15, 0.2) is 0 Å². The highest BCUT2D eigenvalue weighted by molar-refractivity contribution is 5.65. The van der Waals surface area contributed by atoms with Crippen LogP contribution in [0.3, 0.4) is 0 Å². The van der Waals surface area contributed by atoms with Crippen molar-refractivity contribution in [2.75, 3.05) is 19.8 Å². The minimum atomic E-state index is -0.588. The van der Waals surface area contributed by atoms with Crippen LogP contribution in [-0.4, -0.2) is 31.9 Å². The van der Waals surface area contributed by atoms with Crippen LogP contribution in [0.5, 0.6) is 0 Å². The molecule has 0 aromatic rings. The molecule has 0 bridgehead atoms. The predicted molar refractivity (Wildman–Crippen MR) is 87.5 cm³/mol. The highest BCUT2D eigenvalue weighted by atomic mass is 16.7. The lowest BCUT2D eigenvalue weighted by Gasteiger charge is -1.98. The third-order valence-corrected chi connectivity index (χ3v) is 1.58. The van der Waals surface area contributed by atoms with Gasteiger partial charge in [-0.3, -0.25) is 4.79 Å². The van der Waals surface area contributed by atoms with Crippen molar-refractivity contribution in [2.45, 2.75) is 74.7 Å². The summed E-state index contributed by atoms with van der Waals surface area (Å²) in [5.74, 6) is -0.211. The van der Waals surface area contributed by atoms with Gasteiger partial charge in [0.15, 0.2) is 0 Å². The average Bonchev–Trinajstić information content (AvgIpc) is 2.44. The Hall–Kier alpha value is -1.26. The van der Waals surface area contributed by atoms with Gasteiger partial charge in [0, 0.05) is 6.92 Å². The molecular formula is C16H36O5. The van der Waals surface area contributed by atoms with Gasteiger partial charge in [0.2, 0.25) is 0 Å². The van der Waals surface area contributed by atoms with Gasteiger partial charge < -0.3 is 14.2 Å². The quantitative estimate of drug-likeness (QED) is 0.671. The Bertz CT molecular complexity index is 183. The van der Waals surface area contributed by atoms with Crippen molar-refractivity contribution >= 4 is 12.1 Å². The van der Waals surface area contributed by atoms with Gasteiger partial charge in [0.05, 0.1) is 19.8 Å². The van der Waals surface area contributed by atoms with Crippen LogP contribution in [0.2, 0.25) is 0 Å². The van der Waals surface area contributed by atoms with E-state index in [1.165, 1.54) is 26.2 Å². The highest BCUT2D eigenvalue weighted by Gasteiger charge is 1.96. The van der Waals surface area contributed by atoms with Gasteiger partial charge in [-0.1, -0.05) is 47.0 Å². The summed E-state index contributed by atoms with van der Waals surface area (Å²) in [6.45, 7) is 16.3. The van der Waals surface area contributed by atoms with Crippen LogP contribution in [0.25, 0.3) is 0 Å². The van der Waals surface area contributed by atoms with E-state index in [0.29, 0.717) is 19.8 Å².